The van der Waals surface area contributed by atoms with E-state index in [1.54, 1.807) is 0 Å². The number of hydrogen-bond donors (Lipinski definition) is 1. The third-order valence-electron chi connectivity index (χ3n) is 4.01. The van der Waals surface area contributed by atoms with E-state index in [0.717, 1.165) is 41.8 Å². The molecule has 0 amide bonds. The molecule has 4 nitrogen and oxygen atoms in total. The van der Waals surface area contributed by atoms with Crippen LogP contribution in [0, 0.1) is 11.3 Å². The fraction of sp³-hybridized carbons (Fsp3) is 0.158. The number of benzene rings is 2. The Morgan fingerprint density at radius 3 is 3.04 bits per heavy atom. The highest BCUT2D eigenvalue weighted by Crippen LogP contribution is 2.27. The third-order valence-corrected chi connectivity index (χ3v) is 4.01. The molecule has 0 unspecified atom stereocenters. The molecule has 4 heteroatoms. The maximum absolute atomic E-state index is 9.50. The lowest BCUT2D eigenvalue weighted by molar-refractivity contribution is 0.288. The van der Waals surface area contributed by atoms with Crippen molar-refractivity contribution >= 4 is 22.7 Å². The van der Waals surface area contributed by atoms with Gasteiger partial charge < -0.3 is 9.72 Å². The van der Waals surface area contributed by atoms with Gasteiger partial charge in [-0.1, -0.05) is 18.2 Å². The Morgan fingerprint density at radius 2 is 2.17 bits per heavy atom. The van der Waals surface area contributed by atoms with Crippen LogP contribution in [0.3, 0.4) is 0 Å². The predicted octanol–water partition coefficient (Wildman–Crippen LogP) is 3.95. The van der Waals surface area contributed by atoms with Crippen LogP contribution in [0.25, 0.3) is 22.7 Å². The number of nitrogens with one attached hydrogen (secondary N) is 1. The monoisotopic (exact) mass is 301 g/mol. The second kappa shape index (κ2) is 5.62. The molecule has 112 valence electrons. The zero-order chi connectivity index (χ0) is 15.6. The molecule has 0 bridgehead atoms. The molecule has 1 aliphatic heterocycles. The fourth-order valence-corrected chi connectivity index (χ4v) is 2.87. The third kappa shape index (κ3) is 2.58. The Kier molecular flexibility index (Phi) is 3.32. The maximum atomic E-state index is 9.50. The maximum Gasteiger partial charge on any atom is 0.149 e. The molecule has 4 rings (SSSR count). The Balaban J connectivity index is 1.74. The molecule has 1 N–H and O–H groups in total. The predicted molar refractivity (Wildman–Crippen MR) is 89.8 cm³/mol. The second-order valence-electron chi connectivity index (χ2n) is 5.59. The average molecular weight is 301 g/mol. The quantitative estimate of drug-likeness (QED) is 0.729. The van der Waals surface area contributed by atoms with Crippen molar-refractivity contribution in [2.75, 3.05) is 6.61 Å². The van der Waals surface area contributed by atoms with E-state index in [-0.39, 0.29) is 0 Å². The van der Waals surface area contributed by atoms with Crippen molar-refractivity contribution in [2.45, 2.75) is 12.8 Å². The van der Waals surface area contributed by atoms with Crippen molar-refractivity contribution in [1.29, 1.82) is 5.26 Å². The number of nitrogens with zero attached hydrogens (tertiary/aromatic N) is 2. The average Bonchev–Trinajstić information content (AvgIpc) is 3.03. The number of aromatic amines is 1. The summed E-state index contributed by atoms with van der Waals surface area (Å²) in [6.45, 7) is 0.782. The minimum atomic E-state index is 0.526. The Morgan fingerprint density at radius 1 is 1.26 bits per heavy atom. The van der Waals surface area contributed by atoms with Gasteiger partial charge in [0.1, 0.15) is 17.6 Å². The number of aryl methyl sites for hydroxylation is 1. The molecule has 3 aromatic rings. The summed E-state index contributed by atoms with van der Waals surface area (Å²) < 4.78 is 5.63. The van der Waals surface area contributed by atoms with Gasteiger partial charge in [0.25, 0.3) is 0 Å². The van der Waals surface area contributed by atoms with Crippen LogP contribution in [0.15, 0.2) is 42.5 Å². The molecule has 0 spiro atoms. The number of aromatic nitrogens is 2. The van der Waals surface area contributed by atoms with Crippen LogP contribution in [0.5, 0.6) is 5.75 Å². The summed E-state index contributed by atoms with van der Waals surface area (Å²) >= 11 is 0. The van der Waals surface area contributed by atoms with Crippen LogP contribution >= 0.6 is 0 Å². The van der Waals surface area contributed by atoms with Gasteiger partial charge in [0, 0.05) is 0 Å². The van der Waals surface area contributed by atoms with Gasteiger partial charge in [0.05, 0.1) is 23.2 Å². The zero-order valence-corrected chi connectivity index (χ0v) is 12.5. The summed E-state index contributed by atoms with van der Waals surface area (Å²) in [5.41, 5.74) is 4.51. The summed E-state index contributed by atoms with van der Waals surface area (Å²) in [4.78, 5) is 7.70. The minimum Gasteiger partial charge on any atom is -0.493 e. The lowest BCUT2D eigenvalue weighted by Gasteiger charge is -2.17. The topological polar surface area (TPSA) is 61.7 Å². The van der Waals surface area contributed by atoms with E-state index in [0.29, 0.717) is 11.4 Å². The van der Waals surface area contributed by atoms with Gasteiger partial charge in [-0.2, -0.15) is 5.26 Å². The number of rotatable bonds is 2. The van der Waals surface area contributed by atoms with Crippen LogP contribution in [0.2, 0.25) is 0 Å². The number of nitriles is 1. The van der Waals surface area contributed by atoms with Crippen molar-refractivity contribution in [1.82, 2.24) is 9.97 Å². The first-order valence-corrected chi connectivity index (χ1v) is 7.66. The number of H-pyrrole nitrogens is 1. The van der Waals surface area contributed by atoms with Gasteiger partial charge >= 0.3 is 0 Å². The first kappa shape index (κ1) is 13.6. The van der Waals surface area contributed by atoms with Gasteiger partial charge in [-0.25, -0.2) is 4.98 Å². The highest BCUT2D eigenvalue weighted by Gasteiger charge is 2.11. The fourth-order valence-electron chi connectivity index (χ4n) is 2.87. The van der Waals surface area contributed by atoms with Gasteiger partial charge in [-0.15, -0.1) is 0 Å². The number of fused-ring (bicyclic) bond motifs is 2. The second-order valence-corrected chi connectivity index (χ2v) is 5.59. The highest BCUT2D eigenvalue weighted by atomic mass is 16.5. The summed E-state index contributed by atoms with van der Waals surface area (Å²) in [6, 6.07) is 16.1. The lowest BCUT2D eigenvalue weighted by Crippen LogP contribution is -2.08. The van der Waals surface area contributed by atoms with Crippen LogP contribution in [0.1, 0.15) is 23.4 Å². The van der Waals surface area contributed by atoms with E-state index in [9.17, 15) is 5.26 Å². The Labute approximate surface area is 134 Å². The van der Waals surface area contributed by atoms with Crippen LogP contribution < -0.4 is 4.74 Å². The minimum absolute atomic E-state index is 0.526. The van der Waals surface area contributed by atoms with E-state index in [1.165, 1.54) is 5.56 Å². The number of allylic oxidation sites excluding steroid dienone is 1. The molecular formula is C19H15N3O. The molecule has 0 radical (unpaired) electrons. The van der Waals surface area contributed by atoms with Crippen molar-refractivity contribution in [2.24, 2.45) is 0 Å². The lowest BCUT2D eigenvalue weighted by atomic mass is 10.0. The molecule has 0 fully saturated rings. The summed E-state index contributed by atoms with van der Waals surface area (Å²) in [5, 5.41) is 9.50. The highest BCUT2D eigenvalue weighted by molar-refractivity contribution is 5.90. The van der Waals surface area contributed by atoms with Gasteiger partial charge in [-0.05, 0) is 54.3 Å². The first-order chi connectivity index (χ1) is 11.3. The van der Waals surface area contributed by atoms with Crippen LogP contribution in [-0.4, -0.2) is 16.6 Å². The van der Waals surface area contributed by atoms with Crippen LogP contribution in [-0.2, 0) is 6.42 Å². The molecule has 0 aliphatic carbocycles. The van der Waals surface area contributed by atoms with E-state index in [4.69, 9.17) is 4.74 Å². The Hall–Kier alpha value is -3.06. The number of para-hydroxylation sites is 2. The molecular weight excluding hydrogens is 286 g/mol. The van der Waals surface area contributed by atoms with E-state index >= 15 is 0 Å². The normalized spacial score (nSPS) is 14.1. The van der Waals surface area contributed by atoms with Gasteiger partial charge in [0.2, 0.25) is 0 Å². The standard InChI is InChI=1S/C19H15N3O/c20-12-15(19-21-16-5-1-2-6-17(16)22-19)11-13-7-8-18-14(10-13)4-3-9-23-18/h1-2,5-8,10-11H,3-4,9H2,(H,21,22)/b15-11+. The molecule has 1 aliphatic rings. The molecule has 0 saturated carbocycles. The van der Waals surface area contributed by atoms with Gasteiger partial charge in [-0.3, -0.25) is 0 Å². The van der Waals surface area contributed by atoms with Crippen molar-refractivity contribution < 1.29 is 4.74 Å². The largest absolute Gasteiger partial charge is 0.493 e. The summed E-state index contributed by atoms with van der Waals surface area (Å²) in [7, 11) is 0. The molecule has 2 aromatic carbocycles. The van der Waals surface area contributed by atoms with E-state index < -0.39 is 0 Å². The van der Waals surface area contributed by atoms with Crippen molar-refractivity contribution in [3.8, 4) is 11.8 Å². The first-order valence-electron chi connectivity index (χ1n) is 7.66. The molecule has 0 saturated heterocycles. The van der Waals surface area contributed by atoms with Crippen molar-refractivity contribution in [3.63, 3.8) is 0 Å². The van der Waals surface area contributed by atoms with Gasteiger partial charge in [0.15, 0.2) is 0 Å². The number of hydrogen-bond acceptors (Lipinski definition) is 3. The summed E-state index contributed by atoms with van der Waals surface area (Å²) in [6.07, 6.45) is 3.92. The Bertz CT molecular complexity index is 914. The van der Waals surface area contributed by atoms with E-state index in [2.05, 4.69) is 22.1 Å². The SMILES string of the molecule is N#C/C(=C\c1ccc2c(c1)CCCO2)c1nc2ccccc2[nH]1. The number of imidazole rings is 1. The molecule has 2 heterocycles. The molecule has 1 aromatic heterocycles. The molecule has 23 heavy (non-hydrogen) atoms. The smallest absolute Gasteiger partial charge is 0.149 e. The van der Waals surface area contributed by atoms with E-state index in [1.807, 2.05) is 42.5 Å². The molecule has 0 atom stereocenters. The van der Waals surface area contributed by atoms with Crippen molar-refractivity contribution in [3.05, 3.63) is 59.4 Å². The summed E-state index contributed by atoms with van der Waals surface area (Å²) in [5.74, 6) is 1.55. The zero-order valence-electron chi connectivity index (χ0n) is 12.5. The van der Waals surface area contributed by atoms with Crippen LogP contribution in [0.4, 0.5) is 0 Å². The number of ether oxygens (including phenoxy) is 1.